The van der Waals surface area contributed by atoms with Gasteiger partial charge in [0.05, 0.1) is 16.7 Å². The van der Waals surface area contributed by atoms with Crippen molar-refractivity contribution in [1.82, 2.24) is 9.88 Å². The van der Waals surface area contributed by atoms with Crippen LogP contribution in [-0.4, -0.2) is 28.8 Å². The van der Waals surface area contributed by atoms with E-state index in [9.17, 15) is 4.79 Å². The van der Waals surface area contributed by atoms with Gasteiger partial charge in [-0.3, -0.25) is 9.69 Å². The Bertz CT molecular complexity index is 565. The number of carbonyl (C=O) groups excluding carboxylic acids is 1. The highest BCUT2D eigenvalue weighted by Gasteiger charge is 2.23. The Kier molecular flexibility index (Phi) is 5.04. The number of thiazole rings is 1. The van der Waals surface area contributed by atoms with Crippen molar-refractivity contribution < 1.29 is 4.79 Å². The third-order valence-corrected chi connectivity index (χ3v) is 4.18. The van der Waals surface area contributed by atoms with Gasteiger partial charge in [0.15, 0.2) is 5.78 Å². The molecule has 0 fully saturated rings. The van der Waals surface area contributed by atoms with Crippen LogP contribution in [0, 0.1) is 6.92 Å². The Hall–Kier alpha value is -1.52. The summed E-state index contributed by atoms with van der Waals surface area (Å²) >= 11 is 1.65. The number of carbonyl (C=O) groups is 1. The van der Waals surface area contributed by atoms with Crippen LogP contribution in [0.25, 0.3) is 0 Å². The van der Waals surface area contributed by atoms with Crippen LogP contribution in [0.2, 0.25) is 0 Å². The van der Waals surface area contributed by atoms with Crippen molar-refractivity contribution in [3.8, 4) is 0 Å². The van der Waals surface area contributed by atoms with Crippen LogP contribution in [0.15, 0.2) is 35.7 Å². The van der Waals surface area contributed by atoms with Gasteiger partial charge in [0.2, 0.25) is 0 Å². The highest BCUT2D eigenvalue weighted by molar-refractivity contribution is 7.09. The third-order valence-electron chi connectivity index (χ3n) is 3.36. The van der Waals surface area contributed by atoms with Gasteiger partial charge in [0.25, 0.3) is 0 Å². The average Bonchev–Trinajstić information content (AvgIpc) is 2.85. The number of hydrogen-bond donors (Lipinski definition) is 0. The van der Waals surface area contributed by atoms with Gasteiger partial charge in [-0.1, -0.05) is 37.3 Å². The zero-order valence-electron chi connectivity index (χ0n) is 12.2. The summed E-state index contributed by atoms with van der Waals surface area (Å²) in [7, 11) is 1.99. The number of aryl methyl sites for hydroxylation is 1. The highest BCUT2D eigenvalue weighted by Crippen LogP contribution is 2.15. The first-order valence-electron chi connectivity index (χ1n) is 6.82. The molecule has 0 saturated carbocycles. The molecule has 4 heteroatoms. The smallest absolute Gasteiger partial charge is 0.179 e. The SMILES string of the molecule is CCC(C(=O)c1ccccc1)N(C)Cc1csc(C)n1. The van der Waals surface area contributed by atoms with Crippen LogP contribution < -0.4 is 0 Å². The second-order valence-corrected chi connectivity index (χ2v) is 5.99. The van der Waals surface area contributed by atoms with Gasteiger partial charge < -0.3 is 0 Å². The third kappa shape index (κ3) is 3.52. The topological polar surface area (TPSA) is 33.2 Å². The van der Waals surface area contributed by atoms with Crippen molar-refractivity contribution in [2.75, 3.05) is 7.05 Å². The standard InChI is InChI=1S/C16H20N2OS/c1-4-15(16(19)13-8-6-5-7-9-13)18(3)10-14-11-20-12(2)17-14/h5-9,11,15H,4,10H2,1-3H3. The molecule has 0 radical (unpaired) electrons. The molecule has 0 N–H and O–H groups in total. The lowest BCUT2D eigenvalue weighted by molar-refractivity contribution is 0.0837. The zero-order valence-corrected chi connectivity index (χ0v) is 13.0. The molecular formula is C16H20N2OS. The summed E-state index contributed by atoms with van der Waals surface area (Å²) in [6.45, 7) is 4.76. The molecule has 1 aromatic heterocycles. The van der Waals surface area contributed by atoms with E-state index in [2.05, 4.69) is 15.3 Å². The Labute approximate surface area is 124 Å². The number of likely N-dealkylation sites (N-methyl/N-ethyl adjacent to an activating group) is 1. The quantitative estimate of drug-likeness (QED) is 0.762. The van der Waals surface area contributed by atoms with Crippen molar-refractivity contribution in [3.05, 3.63) is 52.0 Å². The molecule has 2 rings (SSSR count). The summed E-state index contributed by atoms with van der Waals surface area (Å²) in [6.07, 6.45) is 0.799. The Morgan fingerprint density at radius 2 is 2.05 bits per heavy atom. The average molecular weight is 288 g/mol. The van der Waals surface area contributed by atoms with E-state index in [1.54, 1.807) is 11.3 Å². The second kappa shape index (κ2) is 6.77. The Morgan fingerprint density at radius 1 is 1.35 bits per heavy atom. The maximum atomic E-state index is 12.6. The summed E-state index contributed by atoms with van der Waals surface area (Å²) in [6, 6.07) is 9.41. The fraction of sp³-hybridized carbons (Fsp3) is 0.375. The largest absolute Gasteiger partial charge is 0.292 e. The summed E-state index contributed by atoms with van der Waals surface area (Å²) < 4.78 is 0. The van der Waals surface area contributed by atoms with Gasteiger partial charge in [0.1, 0.15) is 0 Å². The summed E-state index contributed by atoms with van der Waals surface area (Å²) in [5.74, 6) is 0.183. The molecular weight excluding hydrogens is 268 g/mol. The van der Waals surface area contributed by atoms with Crippen LogP contribution in [-0.2, 0) is 6.54 Å². The number of Topliss-reactive ketones (excluding diaryl/α,β-unsaturated/α-hetero) is 1. The minimum Gasteiger partial charge on any atom is -0.292 e. The molecule has 2 aromatic rings. The van der Waals surface area contributed by atoms with E-state index >= 15 is 0 Å². The predicted octanol–water partition coefficient (Wildman–Crippen LogP) is 3.54. The lowest BCUT2D eigenvalue weighted by atomic mass is 10.0. The zero-order chi connectivity index (χ0) is 14.5. The molecule has 0 aliphatic carbocycles. The van der Waals surface area contributed by atoms with Gasteiger partial charge in [0, 0.05) is 17.5 Å². The molecule has 1 aromatic carbocycles. The fourth-order valence-corrected chi connectivity index (χ4v) is 2.94. The molecule has 0 amide bonds. The normalized spacial score (nSPS) is 12.6. The van der Waals surface area contributed by atoms with Crippen LogP contribution in [0.3, 0.4) is 0 Å². The second-order valence-electron chi connectivity index (χ2n) is 4.93. The molecule has 0 spiro atoms. The van der Waals surface area contributed by atoms with Crippen molar-refractivity contribution in [3.63, 3.8) is 0 Å². The molecule has 0 bridgehead atoms. The first-order valence-corrected chi connectivity index (χ1v) is 7.70. The molecule has 106 valence electrons. The van der Waals surface area contributed by atoms with Crippen molar-refractivity contribution >= 4 is 17.1 Å². The molecule has 1 atom stereocenters. The summed E-state index contributed by atoms with van der Waals surface area (Å²) in [4.78, 5) is 19.1. The molecule has 0 aliphatic heterocycles. The number of nitrogens with zero attached hydrogens (tertiary/aromatic N) is 2. The molecule has 1 unspecified atom stereocenters. The summed E-state index contributed by atoms with van der Waals surface area (Å²) in [5.41, 5.74) is 1.81. The van der Waals surface area contributed by atoms with Crippen LogP contribution in [0.4, 0.5) is 0 Å². The molecule has 20 heavy (non-hydrogen) atoms. The minimum absolute atomic E-state index is 0.0978. The Balaban J connectivity index is 2.09. The number of aromatic nitrogens is 1. The summed E-state index contributed by atoms with van der Waals surface area (Å²) in [5, 5.41) is 3.13. The van der Waals surface area contributed by atoms with Crippen LogP contribution in [0.1, 0.15) is 34.4 Å². The van der Waals surface area contributed by atoms with E-state index in [-0.39, 0.29) is 11.8 Å². The van der Waals surface area contributed by atoms with E-state index in [1.165, 1.54) is 0 Å². The van der Waals surface area contributed by atoms with E-state index < -0.39 is 0 Å². The van der Waals surface area contributed by atoms with Gasteiger partial charge in [-0.05, 0) is 20.4 Å². The lowest BCUT2D eigenvalue weighted by Gasteiger charge is -2.25. The molecule has 1 heterocycles. The monoisotopic (exact) mass is 288 g/mol. The van der Waals surface area contributed by atoms with Gasteiger partial charge in [-0.25, -0.2) is 4.98 Å². The van der Waals surface area contributed by atoms with Crippen LogP contribution in [0.5, 0.6) is 0 Å². The predicted molar refractivity (Wildman–Crippen MR) is 83.2 cm³/mol. The lowest BCUT2D eigenvalue weighted by Crippen LogP contribution is -2.37. The van der Waals surface area contributed by atoms with Gasteiger partial charge >= 0.3 is 0 Å². The van der Waals surface area contributed by atoms with Crippen LogP contribution >= 0.6 is 11.3 Å². The van der Waals surface area contributed by atoms with Gasteiger partial charge in [-0.2, -0.15) is 0 Å². The number of rotatable bonds is 6. The maximum absolute atomic E-state index is 12.6. The number of hydrogen-bond acceptors (Lipinski definition) is 4. The first kappa shape index (κ1) is 14.9. The maximum Gasteiger partial charge on any atom is 0.179 e. The fourth-order valence-electron chi connectivity index (χ4n) is 2.34. The van der Waals surface area contributed by atoms with Crippen molar-refractivity contribution in [1.29, 1.82) is 0 Å². The molecule has 3 nitrogen and oxygen atoms in total. The van der Waals surface area contributed by atoms with E-state index in [0.29, 0.717) is 6.54 Å². The Morgan fingerprint density at radius 3 is 2.60 bits per heavy atom. The molecule has 0 aliphatic rings. The van der Waals surface area contributed by atoms with Crippen molar-refractivity contribution in [2.45, 2.75) is 32.9 Å². The van der Waals surface area contributed by atoms with E-state index in [0.717, 1.165) is 22.7 Å². The first-order chi connectivity index (χ1) is 9.61. The van der Waals surface area contributed by atoms with Gasteiger partial charge in [-0.15, -0.1) is 11.3 Å². The van der Waals surface area contributed by atoms with E-state index in [4.69, 9.17) is 0 Å². The minimum atomic E-state index is -0.0978. The van der Waals surface area contributed by atoms with E-state index in [1.807, 2.05) is 51.2 Å². The number of ketones is 1. The highest BCUT2D eigenvalue weighted by atomic mass is 32.1. The van der Waals surface area contributed by atoms with Crippen molar-refractivity contribution in [2.24, 2.45) is 0 Å². The molecule has 0 saturated heterocycles. The number of benzene rings is 1.